The lowest BCUT2D eigenvalue weighted by atomic mass is 9.88. The van der Waals surface area contributed by atoms with E-state index in [2.05, 4.69) is 87.5 Å². The van der Waals surface area contributed by atoms with E-state index in [4.69, 9.17) is 4.55 Å². The van der Waals surface area contributed by atoms with Crippen molar-refractivity contribution in [1.29, 1.82) is 0 Å². The predicted octanol–water partition coefficient (Wildman–Crippen LogP) is 6.99. The van der Waals surface area contributed by atoms with Crippen molar-refractivity contribution in [1.82, 2.24) is 0 Å². The first kappa shape index (κ1) is 25.4. The van der Waals surface area contributed by atoms with E-state index in [0.717, 1.165) is 0 Å². The van der Waals surface area contributed by atoms with Crippen molar-refractivity contribution in [2.24, 2.45) is 0 Å². The van der Waals surface area contributed by atoms with Gasteiger partial charge < -0.3 is 0 Å². The third kappa shape index (κ3) is 6.33. The van der Waals surface area contributed by atoms with Crippen LogP contribution < -0.4 is 0 Å². The fourth-order valence-electron chi connectivity index (χ4n) is 3.77. The van der Waals surface area contributed by atoms with Crippen molar-refractivity contribution >= 4 is 23.6 Å². The Kier molecular flexibility index (Phi) is 8.84. The minimum absolute atomic E-state index is 0. The molecular weight excluding hydrogens is 436 g/mol. The van der Waals surface area contributed by atoms with Crippen molar-refractivity contribution in [2.75, 3.05) is 0 Å². The average molecular weight is 465 g/mol. The van der Waals surface area contributed by atoms with Gasteiger partial charge in [0.05, 0.1) is 4.90 Å². The number of benzene rings is 4. The van der Waals surface area contributed by atoms with E-state index in [9.17, 15) is 8.42 Å². The molecule has 4 aromatic carbocycles. The Morgan fingerprint density at radius 3 is 1.53 bits per heavy atom. The third-order valence-electron chi connectivity index (χ3n) is 5.00. The Hall–Kier alpha value is -2.86. The summed E-state index contributed by atoms with van der Waals surface area (Å²) in [6.07, 6.45) is 0. The third-order valence-corrected chi connectivity index (χ3v) is 5.87. The van der Waals surface area contributed by atoms with Crippen LogP contribution in [0.3, 0.4) is 0 Å². The van der Waals surface area contributed by atoms with Crippen molar-refractivity contribution < 1.29 is 13.0 Å². The Morgan fingerprint density at radius 1 is 0.625 bits per heavy atom. The molecule has 0 saturated carbocycles. The van der Waals surface area contributed by atoms with E-state index in [1.54, 1.807) is 18.2 Å². The van der Waals surface area contributed by atoms with Crippen molar-refractivity contribution in [2.45, 2.75) is 25.7 Å². The zero-order chi connectivity index (χ0) is 22.4. The molecule has 166 valence electrons. The van der Waals surface area contributed by atoms with Crippen LogP contribution in [0.15, 0.2) is 102 Å². The smallest absolute Gasteiger partial charge is 0.282 e. The highest BCUT2D eigenvalue weighted by Gasteiger charge is 2.11. The summed E-state index contributed by atoms with van der Waals surface area (Å²) >= 11 is 0. The summed E-state index contributed by atoms with van der Waals surface area (Å²) in [5, 5.41) is 0. The van der Waals surface area contributed by atoms with Crippen LogP contribution in [0.5, 0.6) is 0 Å². The Bertz CT molecular complexity index is 1240. The summed E-state index contributed by atoms with van der Waals surface area (Å²) in [5.41, 5.74) is 9.26. The fraction of sp³-hybridized carbons (Fsp3) is 0.111. The maximum atomic E-state index is 10.4. The van der Waals surface area contributed by atoms with E-state index in [1.807, 2.05) is 0 Å². The first-order valence-electron chi connectivity index (χ1n) is 10.0. The minimum atomic E-state index is -4.00. The van der Waals surface area contributed by atoms with Crippen molar-refractivity contribution in [3.05, 3.63) is 114 Å². The molecule has 4 aromatic rings. The average Bonchev–Trinajstić information content (AvgIpc) is 2.75. The van der Waals surface area contributed by atoms with Crippen molar-refractivity contribution in [3.63, 3.8) is 0 Å². The van der Waals surface area contributed by atoms with Crippen LogP contribution >= 0.6 is 13.5 Å². The molecule has 0 aliphatic heterocycles. The summed E-state index contributed by atoms with van der Waals surface area (Å²) in [4.78, 5) is -0.0741. The zero-order valence-electron chi connectivity index (χ0n) is 18.4. The summed E-state index contributed by atoms with van der Waals surface area (Å²) in [6.45, 7) is 6.57. The van der Waals surface area contributed by atoms with Gasteiger partial charge in [0.1, 0.15) is 0 Å². The summed E-state index contributed by atoms with van der Waals surface area (Å²) < 4.78 is 29.2. The van der Waals surface area contributed by atoms with Crippen LogP contribution in [0.4, 0.5) is 0 Å². The lowest BCUT2D eigenvalue weighted by molar-refractivity contribution is 0.483. The van der Waals surface area contributed by atoms with Gasteiger partial charge in [-0.05, 0) is 66.3 Å². The second kappa shape index (κ2) is 11.1. The zero-order valence-corrected chi connectivity index (χ0v) is 20.2. The molecule has 32 heavy (non-hydrogen) atoms. The minimum Gasteiger partial charge on any atom is -0.282 e. The van der Waals surface area contributed by atoms with Crippen molar-refractivity contribution in [3.8, 4) is 22.3 Å². The molecular formula is C27H28O3S2. The molecule has 0 aliphatic rings. The topological polar surface area (TPSA) is 54.4 Å². The Balaban J connectivity index is 0.000000280. The van der Waals surface area contributed by atoms with Gasteiger partial charge in [0.2, 0.25) is 0 Å². The molecule has 0 amide bonds. The molecule has 5 heteroatoms. The molecule has 0 saturated heterocycles. The largest absolute Gasteiger partial charge is 0.294 e. The van der Waals surface area contributed by atoms with Crippen LogP contribution in [0, 0.1) is 20.8 Å². The number of hydrogen-bond acceptors (Lipinski definition) is 2. The highest BCUT2D eigenvalue weighted by atomic mass is 32.2. The quantitative estimate of drug-likeness (QED) is 0.332. The van der Waals surface area contributed by atoms with Gasteiger partial charge in [-0.15, -0.1) is 0 Å². The van der Waals surface area contributed by atoms with Crippen LogP contribution in [0.2, 0.25) is 0 Å². The van der Waals surface area contributed by atoms with E-state index >= 15 is 0 Å². The Labute approximate surface area is 198 Å². The van der Waals surface area contributed by atoms with Crippen LogP contribution in [-0.4, -0.2) is 13.0 Å². The normalized spacial score (nSPS) is 10.5. The molecule has 0 fully saturated rings. The highest BCUT2D eigenvalue weighted by Crippen LogP contribution is 2.36. The summed E-state index contributed by atoms with van der Waals surface area (Å²) in [7, 11) is -4.00. The molecule has 0 atom stereocenters. The maximum Gasteiger partial charge on any atom is 0.294 e. The lowest BCUT2D eigenvalue weighted by Gasteiger charge is -2.16. The first-order valence-corrected chi connectivity index (χ1v) is 11.5. The van der Waals surface area contributed by atoms with Gasteiger partial charge in [0.25, 0.3) is 10.1 Å². The molecule has 0 heterocycles. The Morgan fingerprint density at radius 2 is 1.06 bits per heavy atom. The fourth-order valence-corrected chi connectivity index (χ4v) is 4.27. The van der Waals surface area contributed by atoms with Crippen LogP contribution in [0.25, 0.3) is 22.3 Å². The van der Waals surface area contributed by atoms with Gasteiger partial charge in [-0.1, -0.05) is 90.5 Å². The first-order chi connectivity index (χ1) is 14.8. The molecule has 0 radical (unpaired) electrons. The second-order valence-electron chi connectivity index (χ2n) is 7.47. The van der Waals surface area contributed by atoms with Crippen LogP contribution in [0.1, 0.15) is 16.7 Å². The van der Waals surface area contributed by atoms with Gasteiger partial charge >= 0.3 is 0 Å². The number of rotatable bonds is 3. The molecule has 0 bridgehead atoms. The number of hydrogen-bond donors (Lipinski definition) is 1. The van der Waals surface area contributed by atoms with Gasteiger partial charge in [-0.2, -0.15) is 21.9 Å². The SMILES string of the molecule is Cc1cc(C)c(-c2ccccc2-c2ccccc2)c(C)c1.O=S(=O)(O)c1ccccc1.S. The van der Waals surface area contributed by atoms with Gasteiger partial charge in [-0.3, -0.25) is 4.55 Å². The van der Waals surface area contributed by atoms with E-state index in [-0.39, 0.29) is 18.4 Å². The predicted molar refractivity (Wildman–Crippen MR) is 138 cm³/mol. The molecule has 0 unspecified atom stereocenters. The standard InChI is InChI=1S/C21H20.C6H6O3S.H2S/c1-15-13-16(2)21(17(3)14-15)20-12-8-7-11-19(20)18-9-5-4-6-10-18;7-10(8,9)6-4-2-1-3-5-6;/h4-14H,1-3H3;1-5H,(H,7,8,9);1H2. The van der Waals surface area contributed by atoms with E-state index in [1.165, 1.54) is 51.1 Å². The summed E-state index contributed by atoms with van der Waals surface area (Å²) in [6, 6.07) is 31.3. The van der Waals surface area contributed by atoms with Gasteiger partial charge in [-0.25, -0.2) is 0 Å². The summed E-state index contributed by atoms with van der Waals surface area (Å²) in [5.74, 6) is 0. The van der Waals surface area contributed by atoms with E-state index < -0.39 is 10.1 Å². The molecule has 1 N–H and O–H groups in total. The maximum absolute atomic E-state index is 10.4. The second-order valence-corrected chi connectivity index (χ2v) is 8.89. The molecule has 0 spiro atoms. The van der Waals surface area contributed by atoms with Crippen LogP contribution in [-0.2, 0) is 10.1 Å². The van der Waals surface area contributed by atoms with Gasteiger partial charge in [0.15, 0.2) is 0 Å². The lowest BCUT2D eigenvalue weighted by Crippen LogP contribution is -1.96. The molecule has 0 aliphatic carbocycles. The van der Waals surface area contributed by atoms with Gasteiger partial charge in [0, 0.05) is 0 Å². The molecule has 3 nitrogen and oxygen atoms in total. The molecule has 0 aromatic heterocycles. The number of aryl methyl sites for hydroxylation is 3. The monoisotopic (exact) mass is 464 g/mol. The highest BCUT2D eigenvalue weighted by molar-refractivity contribution is 7.85. The molecule has 4 rings (SSSR count). The van der Waals surface area contributed by atoms with E-state index in [0.29, 0.717) is 0 Å².